The van der Waals surface area contributed by atoms with Gasteiger partial charge in [0.1, 0.15) is 6.04 Å². The molecule has 1 aliphatic rings. The number of carbonyl (C=O) groups is 2. The average Bonchev–Trinajstić information content (AvgIpc) is 3.23. The summed E-state index contributed by atoms with van der Waals surface area (Å²) >= 11 is 5.94. The van der Waals surface area contributed by atoms with Gasteiger partial charge in [-0.25, -0.2) is 8.42 Å². The van der Waals surface area contributed by atoms with Gasteiger partial charge in [0, 0.05) is 25.2 Å². The van der Waals surface area contributed by atoms with E-state index in [2.05, 4.69) is 5.32 Å². The minimum absolute atomic E-state index is 0.117. The minimum atomic E-state index is -3.56. The van der Waals surface area contributed by atoms with E-state index in [9.17, 15) is 18.0 Å². The van der Waals surface area contributed by atoms with Crippen molar-refractivity contribution in [1.82, 2.24) is 14.5 Å². The second-order valence-electron chi connectivity index (χ2n) is 7.75. The maximum absolute atomic E-state index is 13.0. The third kappa shape index (κ3) is 6.59. The summed E-state index contributed by atoms with van der Waals surface area (Å²) in [5.74, 6) is 0.381. The van der Waals surface area contributed by atoms with E-state index in [-0.39, 0.29) is 32.3 Å². The zero-order chi connectivity index (χ0) is 24.2. The van der Waals surface area contributed by atoms with Crippen LogP contribution in [0.15, 0.2) is 42.5 Å². The van der Waals surface area contributed by atoms with Gasteiger partial charge in [0.15, 0.2) is 11.5 Å². The summed E-state index contributed by atoms with van der Waals surface area (Å²) in [6, 6.07) is 11.4. The van der Waals surface area contributed by atoms with Gasteiger partial charge in [-0.3, -0.25) is 9.59 Å². The lowest BCUT2D eigenvalue weighted by Gasteiger charge is -2.30. The van der Waals surface area contributed by atoms with Crippen LogP contribution in [0, 0.1) is 0 Å². The molecule has 0 fully saturated rings. The molecule has 33 heavy (non-hydrogen) atoms. The maximum Gasteiger partial charge on any atom is 0.242 e. The van der Waals surface area contributed by atoms with Crippen LogP contribution in [0.1, 0.15) is 18.1 Å². The highest BCUT2D eigenvalue weighted by molar-refractivity contribution is 7.88. The number of benzene rings is 2. The van der Waals surface area contributed by atoms with Gasteiger partial charge >= 0.3 is 0 Å². The highest BCUT2D eigenvalue weighted by Gasteiger charge is 2.28. The van der Waals surface area contributed by atoms with E-state index in [0.717, 1.165) is 21.7 Å². The van der Waals surface area contributed by atoms with Crippen molar-refractivity contribution in [3.63, 3.8) is 0 Å². The molecule has 0 saturated heterocycles. The normalized spacial score (nSPS) is 13.6. The predicted octanol–water partition coefficient (Wildman–Crippen LogP) is 1.99. The average molecular weight is 496 g/mol. The molecule has 2 aromatic carbocycles. The van der Waals surface area contributed by atoms with Crippen molar-refractivity contribution in [3.8, 4) is 11.5 Å². The van der Waals surface area contributed by atoms with Crippen LogP contribution in [0.25, 0.3) is 0 Å². The number of ether oxygens (including phenoxy) is 2. The summed E-state index contributed by atoms with van der Waals surface area (Å²) in [6.07, 6.45) is 1.02. The molecule has 3 rings (SSSR count). The summed E-state index contributed by atoms with van der Waals surface area (Å²) in [4.78, 5) is 27.3. The van der Waals surface area contributed by atoms with E-state index in [1.54, 1.807) is 43.3 Å². The molecule has 2 aromatic rings. The fraction of sp³-hybridized carbons (Fsp3) is 0.364. The Bertz CT molecular complexity index is 1120. The van der Waals surface area contributed by atoms with Gasteiger partial charge in [0.2, 0.25) is 28.6 Å². The molecule has 1 heterocycles. The summed E-state index contributed by atoms with van der Waals surface area (Å²) < 4.78 is 35.1. The number of likely N-dealkylation sites (N-methyl/N-ethyl adjacent to an activating group) is 1. The number of hydrogen-bond acceptors (Lipinski definition) is 6. The second kappa shape index (κ2) is 10.4. The summed E-state index contributed by atoms with van der Waals surface area (Å²) in [5.41, 5.74) is 1.57. The van der Waals surface area contributed by atoms with Gasteiger partial charge in [-0.2, -0.15) is 4.31 Å². The molecule has 0 aliphatic carbocycles. The van der Waals surface area contributed by atoms with Gasteiger partial charge < -0.3 is 19.7 Å². The third-order valence-electron chi connectivity index (χ3n) is 5.26. The molecule has 11 heteroatoms. The van der Waals surface area contributed by atoms with Crippen molar-refractivity contribution in [2.45, 2.75) is 26.1 Å². The fourth-order valence-electron chi connectivity index (χ4n) is 3.16. The number of nitrogens with one attached hydrogen (secondary N) is 1. The Labute approximate surface area is 198 Å². The standard InChI is InChI=1S/C22H26ClN3O6S/c1-15(22(28)24-11-17-6-9-19-20(10-17)32-14-31-19)26(12-16-4-7-18(23)8-5-16)21(27)13-25(2)33(3,29)30/h4-10,15H,11-14H2,1-3H3,(H,24,28). The minimum Gasteiger partial charge on any atom is -0.454 e. The lowest BCUT2D eigenvalue weighted by Crippen LogP contribution is -2.50. The summed E-state index contributed by atoms with van der Waals surface area (Å²) in [5, 5.41) is 3.37. The molecule has 178 valence electrons. The molecule has 0 saturated carbocycles. The quantitative estimate of drug-likeness (QED) is 0.570. The van der Waals surface area contributed by atoms with Gasteiger partial charge in [-0.15, -0.1) is 0 Å². The van der Waals surface area contributed by atoms with Crippen molar-refractivity contribution in [3.05, 3.63) is 58.6 Å². The largest absolute Gasteiger partial charge is 0.454 e. The van der Waals surface area contributed by atoms with E-state index < -0.39 is 22.0 Å². The van der Waals surface area contributed by atoms with Crippen molar-refractivity contribution < 1.29 is 27.5 Å². The number of halogens is 1. The summed E-state index contributed by atoms with van der Waals surface area (Å²) in [6.45, 7) is 1.72. The zero-order valence-electron chi connectivity index (χ0n) is 18.6. The highest BCUT2D eigenvalue weighted by Crippen LogP contribution is 2.32. The molecular weight excluding hydrogens is 470 g/mol. The third-order valence-corrected chi connectivity index (χ3v) is 6.77. The Morgan fingerprint density at radius 1 is 1.09 bits per heavy atom. The zero-order valence-corrected chi connectivity index (χ0v) is 20.1. The van der Waals surface area contributed by atoms with E-state index in [0.29, 0.717) is 16.5 Å². The Kier molecular flexibility index (Phi) is 7.83. The molecular formula is C22H26ClN3O6S. The number of fused-ring (bicyclic) bond motifs is 1. The molecule has 1 atom stereocenters. The van der Waals surface area contributed by atoms with Gasteiger partial charge in [-0.05, 0) is 42.3 Å². The van der Waals surface area contributed by atoms with Crippen LogP contribution in [0.2, 0.25) is 5.02 Å². The molecule has 2 amide bonds. The number of hydrogen-bond donors (Lipinski definition) is 1. The van der Waals surface area contributed by atoms with E-state index >= 15 is 0 Å². The van der Waals surface area contributed by atoms with Crippen LogP contribution in [-0.4, -0.2) is 62.1 Å². The Balaban J connectivity index is 1.72. The predicted molar refractivity (Wildman–Crippen MR) is 123 cm³/mol. The molecule has 1 unspecified atom stereocenters. The Morgan fingerprint density at radius 3 is 2.39 bits per heavy atom. The maximum atomic E-state index is 13.0. The van der Waals surface area contributed by atoms with Gasteiger partial charge in [0.25, 0.3) is 0 Å². The van der Waals surface area contributed by atoms with E-state index in [1.165, 1.54) is 11.9 Å². The number of rotatable bonds is 9. The summed E-state index contributed by atoms with van der Waals surface area (Å²) in [7, 11) is -2.24. The first-order valence-electron chi connectivity index (χ1n) is 10.2. The van der Waals surface area contributed by atoms with E-state index in [1.807, 2.05) is 6.07 Å². The van der Waals surface area contributed by atoms with Crippen molar-refractivity contribution >= 4 is 33.4 Å². The van der Waals surface area contributed by atoms with Crippen LogP contribution in [-0.2, 0) is 32.7 Å². The first-order valence-corrected chi connectivity index (χ1v) is 12.4. The molecule has 1 aliphatic heterocycles. The lowest BCUT2D eigenvalue weighted by molar-refractivity contribution is -0.140. The van der Waals surface area contributed by atoms with E-state index in [4.69, 9.17) is 21.1 Å². The molecule has 0 aromatic heterocycles. The van der Waals surface area contributed by atoms with Crippen LogP contribution in [0.5, 0.6) is 11.5 Å². The van der Waals surface area contributed by atoms with Crippen LogP contribution in [0.3, 0.4) is 0 Å². The lowest BCUT2D eigenvalue weighted by atomic mass is 10.1. The number of nitrogens with zero attached hydrogens (tertiary/aromatic N) is 2. The molecule has 1 N–H and O–H groups in total. The molecule has 0 radical (unpaired) electrons. The van der Waals surface area contributed by atoms with Gasteiger partial charge in [-0.1, -0.05) is 29.8 Å². The smallest absolute Gasteiger partial charge is 0.242 e. The molecule has 0 bridgehead atoms. The number of amides is 2. The first kappa shape index (κ1) is 24.8. The topological polar surface area (TPSA) is 105 Å². The van der Waals surface area contributed by atoms with Crippen LogP contribution < -0.4 is 14.8 Å². The van der Waals surface area contributed by atoms with Crippen molar-refractivity contribution in [2.75, 3.05) is 26.6 Å². The molecule has 0 spiro atoms. The second-order valence-corrected chi connectivity index (χ2v) is 10.3. The number of sulfonamides is 1. The number of carbonyl (C=O) groups excluding carboxylic acids is 2. The highest BCUT2D eigenvalue weighted by atomic mass is 35.5. The van der Waals surface area contributed by atoms with Crippen molar-refractivity contribution in [1.29, 1.82) is 0 Å². The van der Waals surface area contributed by atoms with Gasteiger partial charge in [0.05, 0.1) is 12.8 Å². The molecule has 9 nitrogen and oxygen atoms in total. The monoisotopic (exact) mass is 495 g/mol. The first-order chi connectivity index (χ1) is 15.5. The Morgan fingerprint density at radius 2 is 1.73 bits per heavy atom. The van der Waals surface area contributed by atoms with Crippen LogP contribution in [0.4, 0.5) is 0 Å². The SMILES string of the molecule is CC(C(=O)NCc1ccc2c(c1)OCO2)N(Cc1ccc(Cl)cc1)C(=O)CN(C)S(C)(=O)=O. The van der Waals surface area contributed by atoms with Crippen molar-refractivity contribution in [2.24, 2.45) is 0 Å². The Hall–Kier alpha value is -2.82. The fourth-order valence-corrected chi connectivity index (χ4v) is 3.63. The van der Waals surface area contributed by atoms with Crippen LogP contribution >= 0.6 is 11.6 Å².